The summed E-state index contributed by atoms with van der Waals surface area (Å²) in [4.78, 5) is 7.58. The molecule has 0 bridgehead atoms. The molecule has 1 aromatic rings. The number of likely N-dealkylation sites (N-methyl/N-ethyl adjacent to an activating group) is 1. The van der Waals surface area contributed by atoms with Gasteiger partial charge in [-0.25, -0.2) is 0 Å². The Bertz CT molecular complexity index is 496. The summed E-state index contributed by atoms with van der Waals surface area (Å²) in [5.41, 5.74) is 1.36. The van der Waals surface area contributed by atoms with E-state index in [2.05, 4.69) is 59.3 Å². The van der Waals surface area contributed by atoms with E-state index in [0.29, 0.717) is 0 Å². The molecule has 1 aliphatic heterocycles. The first-order valence-electron chi connectivity index (χ1n) is 7.39. The summed E-state index contributed by atoms with van der Waals surface area (Å²) in [7, 11) is 2.20. The normalized spacial score (nSPS) is 20.1. The van der Waals surface area contributed by atoms with Gasteiger partial charge in [0.25, 0.3) is 0 Å². The molecule has 0 atom stereocenters. The highest BCUT2D eigenvalue weighted by molar-refractivity contribution is 8.03. The fourth-order valence-electron chi connectivity index (χ4n) is 2.59. The summed E-state index contributed by atoms with van der Waals surface area (Å²) in [6.45, 7) is 4.59. The van der Waals surface area contributed by atoms with Crippen molar-refractivity contribution in [2.24, 2.45) is 0 Å². The third-order valence-corrected chi connectivity index (χ3v) is 4.95. The Labute approximate surface area is 126 Å². The summed E-state index contributed by atoms with van der Waals surface area (Å²) in [6.07, 6.45) is 9.20. The van der Waals surface area contributed by atoms with Crippen LogP contribution in [0.15, 0.2) is 52.3 Å². The van der Waals surface area contributed by atoms with Crippen molar-refractivity contribution in [2.75, 3.05) is 38.1 Å². The van der Waals surface area contributed by atoms with Gasteiger partial charge in [0.1, 0.15) is 0 Å². The van der Waals surface area contributed by atoms with E-state index in [0.717, 1.165) is 26.2 Å². The molecule has 0 N–H and O–H groups in total. The second-order valence-corrected chi connectivity index (χ2v) is 6.62. The summed E-state index contributed by atoms with van der Waals surface area (Å²) in [5, 5.41) is 0. The quantitative estimate of drug-likeness (QED) is 0.835. The lowest BCUT2D eigenvalue weighted by Gasteiger charge is -2.34. The van der Waals surface area contributed by atoms with Gasteiger partial charge in [0, 0.05) is 41.7 Å². The van der Waals surface area contributed by atoms with Crippen LogP contribution in [0.5, 0.6) is 0 Å². The lowest BCUT2D eigenvalue weighted by molar-refractivity contribution is 0.313. The molecule has 20 heavy (non-hydrogen) atoms. The van der Waals surface area contributed by atoms with Crippen LogP contribution < -0.4 is 4.90 Å². The predicted molar refractivity (Wildman–Crippen MR) is 88.5 cm³/mol. The van der Waals surface area contributed by atoms with E-state index in [4.69, 9.17) is 0 Å². The number of hydrogen-bond donors (Lipinski definition) is 0. The van der Waals surface area contributed by atoms with Gasteiger partial charge in [0.05, 0.1) is 0 Å². The van der Waals surface area contributed by atoms with Gasteiger partial charge in [-0.2, -0.15) is 0 Å². The number of hydrogen-bond acceptors (Lipinski definition) is 3. The van der Waals surface area contributed by atoms with Gasteiger partial charge in [0.2, 0.25) is 0 Å². The van der Waals surface area contributed by atoms with Crippen LogP contribution in [0.25, 0.3) is 0 Å². The van der Waals surface area contributed by atoms with E-state index in [1.807, 2.05) is 11.8 Å². The van der Waals surface area contributed by atoms with E-state index in [1.54, 1.807) is 0 Å². The van der Waals surface area contributed by atoms with Crippen LogP contribution in [0.1, 0.15) is 12.8 Å². The average Bonchev–Trinajstić information content (AvgIpc) is 2.50. The number of benzene rings is 1. The van der Waals surface area contributed by atoms with Gasteiger partial charge >= 0.3 is 0 Å². The molecule has 0 amide bonds. The third kappa shape index (κ3) is 3.47. The monoisotopic (exact) mass is 286 g/mol. The molecule has 1 saturated heterocycles. The van der Waals surface area contributed by atoms with Crippen LogP contribution in [0, 0.1) is 0 Å². The second-order valence-electron chi connectivity index (χ2n) is 5.47. The maximum Gasteiger partial charge on any atom is 0.0367 e. The van der Waals surface area contributed by atoms with Gasteiger partial charge in [0.15, 0.2) is 0 Å². The van der Waals surface area contributed by atoms with Gasteiger partial charge in [-0.1, -0.05) is 30.0 Å². The van der Waals surface area contributed by atoms with Crippen LogP contribution in [0.3, 0.4) is 0 Å². The minimum atomic E-state index is 1.14. The van der Waals surface area contributed by atoms with Crippen molar-refractivity contribution in [3.63, 3.8) is 0 Å². The third-order valence-electron chi connectivity index (χ3n) is 3.90. The molecule has 3 rings (SSSR count). The Morgan fingerprint density at radius 2 is 1.70 bits per heavy atom. The molecule has 2 nitrogen and oxygen atoms in total. The molecule has 1 aliphatic carbocycles. The minimum absolute atomic E-state index is 1.14. The largest absolute Gasteiger partial charge is 0.369 e. The van der Waals surface area contributed by atoms with Crippen molar-refractivity contribution in [1.29, 1.82) is 0 Å². The van der Waals surface area contributed by atoms with Crippen LogP contribution in [-0.2, 0) is 0 Å². The van der Waals surface area contributed by atoms with E-state index in [-0.39, 0.29) is 0 Å². The number of nitrogens with zero attached hydrogens (tertiary/aromatic N) is 2. The highest BCUT2D eigenvalue weighted by atomic mass is 32.2. The Balaban J connectivity index is 1.62. The molecule has 1 heterocycles. The Kier molecular flexibility index (Phi) is 4.48. The van der Waals surface area contributed by atoms with Crippen LogP contribution in [0.2, 0.25) is 0 Å². The molecule has 0 unspecified atom stereocenters. The molecule has 1 fully saturated rings. The fourth-order valence-corrected chi connectivity index (χ4v) is 3.50. The maximum atomic E-state index is 2.48. The zero-order chi connectivity index (χ0) is 13.8. The number of thioether (sulfide) groups is 1. The zero-order valence-corrected chi connectivity index (χ0v) is 12.9. The van der Waals surface area contributed by atoms with Gasteiger partial charge in [-0.05, 0) is 44.2 Å². The molecule has 106 valence electrons. The summed E-state index contributed by atoms with van der Waals surface area (Å²) in [5.74, 6) is 0. The van der Waals surface area contributed by atoms with E-state index < -0.39 is 0 Å². The fraction of sp³-hybridized carbons (Fsp3) is 0.412. The first kappa shape index (κ1) is 13.8. The topological polar surface area (TPSA) is 6.48 Å². The minimum Gasteiger partial charge on any atom is -0.369 e. The van der Waals surface area contributed by atoms with E-state index >= 15 is 0 Å². The molecular formula is C17H22N2S. The first-order valence-corrected chi connectivity index (χ1v) is 8.21. The van der Waals surface area contributed by atoms with Crippen LogP contribution in [-0.4, -0.2) is 38.1 Å². The van der Waals surface area contributed by atoms with Crippen molar-refractivity contribution >= 4 is 17.4 Å². The van der Waals surface area contributed by atoms with Crippen molar-refractivity contribution < 1.29 is 0 Å². The van der Waals surface area contributed by atoms with Gasteiger partial charge in [-0.15, -0.1) is 0 Å². The maximum absolute atomic E-state index is 2.48. The molecule has 0 spiro atoms. The average molecular weight is 286 g/mol. The van der Waals surface area contributed by atoms with Crippen molar-refractivity contribution in [1.82, 2.24) is 4.90 Å². The highest BCUT2D eigenvalue weighted by Crippen LogP contribution is 2.31. The molecule has 3 heteroatoms. The Morgan fingerprint density at radius 3 is 2.35 bits per heavy atom. The predicted octanol–water partition coefficient (Wildman–Crippen LogP) is 3.76. The van der Waals surface area contributed by atoms with Crippen molar-refractivity contribution in [2.45, 2.75) is 17.7 Å². The highest BCUT2D eigenvalue weighted by Gasteiger charge is 2.14. The summed E-state index contributed by atoms with van der Waals surface area (Å²) >= 11 is 1.87. The number of rotatable bonds is 3. The standard InChI is InChI=1S/C17H22N2S/c1-18-11-13-19(14-12-18)15-7-9-17(10-8-15)20-16-5-3-2-4-6-16/h3,5-10H,2,4,11-14H2,1H3. The smallest absolute Gasteiger partial charge is 0.0367 e. The van der Waals surface area contributed by atoms with Crippen LogP contribution >= 0.6 is 11.8 Å². The molecule has 2 aliphatic rings. The Morgan fingerprint density at radius 1 is 0.950 bits per heavy atom. The van der Waals surface area contributed by atoms with Crippen molar-refractivity contribution in [3.8, 4) is 0 Å². The number of piperazine rings is 1. The van der Waals surface area contributed by atoms with Crippen molar-refractivity contribution in [3.05, 3.63) is 47.4 Å². The summed E-state index contributed by atoms with van der Waals surface area (Å²) < 4.78 is 0. The molecular weight excluding hydrogens is 264 g/mol. The van der Waals surface area contributed by atoms with Gasteiger partial charge < -0.3 is 9.80 Å². The lowest BCUT2D eigenvalue weighted by Crippen LogP contribution is -2.44. The first-order chi connectivity index (χ1) is 9.81. The summed E-state index contributed by atoms with van der Waals surface area (Å²) in [6, 6.07) is 9.03. The Hall–Kier alpha value is -1.19. The second kappa shape index (κ2) is 6.51. The lowest BCUT2D eigenvalue weighted by atomic mass is 10.2. The molecule has 1 aromatic carbocycles. The van der Waals surface area contributed by atoms with Gasteiger partial charge in [-0.3, -0.25) is 0 Å². The SMILES string of the molecule is CN1CCN(c2ccc(SC3=CCCC=C3)cc2)CC1. The molecule has 0 radical (unpaired) electrons. The number of anilines is 1. The zero-order valence-electron chi connectivity index (χ0n) is 12.1. The van der Waals surface area contributed by atoms with E-state index in [9.17, 15) is 0 Å². The molecule has 0 saturated carbocycles. The van der Waals surface area contributed by atoms with E-state index in [1.165, 1.54) is 28.3 Å². The molecule has 0 aromatic heterocycles. The number of allylic oxidation sites excluding steroid dienone is 3. The van der Waals surface area contributed by atoms with Crippen LogP contribution in [0.4, 0.5) is 5.69 Å².